The molecular weight excluding hydrogens is 353 g/mol. The predicted molar refractivity (Wildman–Crippen MR) is 96.9 cm³/mol. The van der Waals surface area contributed by atoms with Gasteiger partial charge >= 0.3 is 0 Å². The molecule has 0 saturated heterocycles. The van der Waals surface area contributed by atoms with Crippen LogP contribution < -0.4 is 4.90 Å². The summed E-state index contributed by atoms with van der Waals surface area (Å²) in [4.78, 5) is 15.0. The molecule has 2 aromatic carbocycles. The standard InChI is InChI=1S/C18H16Cl3NO/c1-11(12-7-8-12)22(13-5-3-2-4-6-13)18(23)14-9-16(20)17(21)10-15(14)19/h2-6,9-12H,7-8H2,1H3/t11-/m0/s1. The molecule has 0 unspecified atom stereocenters. The van der Waals surface area contributed by atoms with Gasteiger partial charge in [0.2, 0.25) is 0 Å². The van der Waals surface area contributed by atoms with E-state index in [2.05, 4.69) is 6.92 Å². The van der Waals surface area contributed by atoms with Crippen LogP contribution in [0.2, 0.25) is 15.1 Å². The predicted octanol–water partition coefficient (Wildman–Crippen LogP) is 6.09. The summed E-state index contributed by atoms with van der Waals surface area (Å²) in [6.45, 7) is 2.08. The first kappa shape index (κ1) is 16.6. The van der Waals surface area contributed by atoms with E-state index >= 15 is 0 Å². The van der Waals surface area contributed by atoms with Gasteiger partial charge in [0.05, 0.1) is 20.6 Å². The lowest BCUT2D eigenvalue weighted by Gasteiger charge is -2.30. The number of amides is 1. The summed E-state index contributed by atoms with van der Waals surface area (Å²) in [6.07, 6.45) is 2.29. The van der Waals surface area contributed by atoms with Crippen molar-refractivity contribution in [2.45, 2.75) is 25.8 Å². The number of benzene rings is 2. The molecule has 1 saturated carbocycles. The van der Waals surface area contributed by atoms with Crippen LogP contribution in [0, 0.1) is 5.92 Å². The van der Waals surface area contributed by atoms with Gasteiger partial charge in [-0.25, -0.2) is 0 Å². The van der Waals surface area contributed by atoms with Crippen molar-refractivity contribution in [3.8, 4) is 0 Å². The molecule has 0 aliphatic heterocycles. The number of halogens is 3. The number of hydrogen-bond acceptors (Lipinski definition) is 1. The zero-order chi connectivity index (χ0) is 16.6. The maximum absolute atomic E-state index is 13.1. The molecule has 0 radical (unpaired) electrons. The minimum absolute atomic E-state index is 0.107. The number of carbonyl (C=O) groups is 1. The van der Waals surface area contributed by atoms with Crippen molar-refractivity contribution in [1.29, 1.82) is 0 Å². The van der Waals surface area contributed by atoms with Gasteiger partial charge < -0.3 is 4.90 Å². The van der Waals surface area contributed by atoms with Gasteiger partial charge in [-0.3, -0.25) is 4.79 Å². The lowest BCUT2D eigenvalue weighted by molar-refractivity contribution is 0.0976. The number of nitrogens with zero attached hydrogens (tertiary/aromatic N) is 1. The largest absolute Gasteiger partial charge is 0.305 e. The van der Waals surface area contributed by atoms with Crippen molar-refractivity contribution in [2.75, 3.05) is 4.90 Å². The second-order valence-electron chi connectivity index (χ2n) is 5.83. The van der Waals surface area contributed by atoms with Gasteiger partial charge in [0.1, 0.15) is 0 Å². The molecule has 0 spiro atoms. The zero-order valence-electron chi connectivity index (χ0n) is 12.6. The number of carbonyl (C=O) groups excluding carboxylic acids is 1. The Morgan fingerprint density at radius 1 is 1.04 bits per heavy atom. The molecule has 0 bridgehead atoms. The van der Waals surface area contributed by atoms with Crippen molar-refractivity contribution in [3.05, 3.63) is 63.1 Å². The third-order valence-electron chi connectivity index (χ3n) is 4.21. The SMILES string of the molecule is C[C@@H](C1CC1)N(C(=O)c1cc(Cl)c(Cl)cc1Cl)c1ccccc1. The molecule has 23 heavy (non-hydrogen) atoms. The van der Waals surface area contributed by atoms with Crippen LogP contribution in [0.4, 0.5) is 5.69 Å². The first-order valence-corrected chi connectivity index (χ1v) is 8.65. The molecule has 3 rings (SSSR count). The zero-order valence-corrected chi connectivity index (χ0v) is 14.9. The fourth-order valence-corrected chi connectivity index (χ4v) is 3.36. The Balaban J connectivity index is 2.03. The van der Waals surface area contributed by atoms with Crippen LogP contribution in [-0.4, -0.2) is 11.9 Å². The van der Waals surface area contributed by atoms with Crippen LogP contribution in [0.15, 0.2) is 42.5 Å². The second-order valence-corrected chi connectivity index (χ2v) is 7.06. The van der Waals surface area contributed by atoms with Gasteiger partial charge in [0, 0.05) is 11.7 Å². The van der Waals surface area contributed by atoms with Crippen molar-refractivity contribution < 1.29 is 4.79 Å². The van der Waals surface area contributed by atoms with E-state index in [0.717, 1.165) is 18.5 Å². The highest BCUT2D eigenvalue weighted by Crippen LogP contribution is 2.38. The molecule has 120 valence electrons. The molecule has 1 aliphatic rings. The maximum atomic E-state index is 13.1. The molecule has 5 heteroatoms. The fourth-order valence-electron chi connectivity index (χ4n) is 2.73. The summed E-state index contributed by atoms with van der Waals surface area (Å²) in [7, 11) is 0. The molecule has 0 N–H and O–H groups in total. The lowest BCUT2D eigenvalue weighted by atomic mass is 10.1. The van der Waals surface area contributed by atoms with E-state index in [0.29, 0.717) is 26.5 Å². The maximum Gasteiger partial charge on any atom is 0.260 e. The van der Waals surface area contributed by atoms with Crippen LogP contribution in [0.1, 0.15) is 30.1 Å². The summed E-state index contributed by atoms with van der Waals surface area (Å²) >= 11 is 18.3. The first-order valence-electron chi connectivity index (χ1n) is 7.52. The molecule has 1 fully saturated rings. The molecule has 0 aromatic heterocycles. The number of rotatable bonds is 4. The fraction of sp³-hybridized carbons (Fsp3) is 0.278. The van der Waals surface area contributed by atoms with Gasteiger partial charge in [-0.15, -0.1) is 0 Å². The Kier molecular flexibility index (Phi) is 4.86. The highest BCUT2D eigenvalue weighted by molar-refractivity contribution is 6.44. The van der Waals surface area contributed by atoms with Crippen LogP contribution in [0.25, 0.3) is 0 Å². The highest BCUT2D eigenvalue weighted by Gasteiger charge is 2.36. The monoisotopic (exact) mass is 367 g/mol. The highest BCUT2D eigenvalue weighted by atomic mass is 35.5. The Hall–Kier alpha value is -1.22. The molecule has 1 atom stereocenters. The summed E-state index contributed by atoms with van der Waals surface area (Å²) in [5, 5.41) is 0.981. The summed E-state index contributed by atoms with van der Waals surface area (Å²) in [5.74, 6) is 0.375. The summed E-state index contributed by atoms with van der Waals surface area (Å²) in [5.41, 5.74) is 1.23. The van der Waals surface area contributed by atoms with E-state index in [1.54, 1.807) is 6.07 Å². The normalized spacial score (nSPS) is 15.3. The average Bonchev–Trinajstić information content (AvgIpc) is 3.37. The molecule has 0 heterocycles. The first-order chi connectivity index (χ1) is 11.0. The summed E-state index contributed by atoms with van der Waals surface area (Å²) in [6, 6.07) is 12.8. The van der Waals surface area contributed by atoms with Crippen molar-refractivity contribution in [1.82, 2.24) is 0 Å². The van der Waals surface area contributed by atoms with Gasteiger partial charge in [0.15, 0.2) is 0 Å². The molecule has 1 aliphatic carbocycles. The van der Waals surface area contributed by atoms with Crippen molar-refractivity contribution in [2.24, 2.45) is 5.92 Å². The number of hydrogen-bond donors (Lipinski definition) is 0. The van der Waals surface area contributed by atoms with Gasteiger partial charge in [-0.05, 0) is 49.9 Å². The van der Waals surface area contributed by atoms with E-state index < -0.39 is 0 Å². The van der Waals surface area contributed by atoms with E-state index in [9.17, 15) is 4.79 Å². The number of para-hydroxylation sites is 1. The average molecular weight is 369 g/mol. The van der Waals surface area contributed by atoms with E-state index in [4.69, 9.17) is 34.8 Å². The lowest BCUT2D eigenvalue weighted by Crippen LogP contribution is -2.40. The van der Waals surface area contributed by atoms with E-state index in [1.807, 2.05) is 35.2 Å². The van der Waals surface area contributed by atoms with Gasteiger partial charge in [-0.1, -0.05) is 53.0 Å². The minimum Gasteiger partial charge on any atom is -0.305 e. The van der Waals surface area contributed by atoms with Crippen LogP contribution in [-0.2, 0) is 0 Å². The Morgan fingerprint density at radius 3 is 2.26 bits per heavy atom. The third kappa shape index (κ3) is 3.50. The topological polar surface area (TPSA) is 20.3 Å². The van der Waals surface area contributed by atoms with Crippen LogP contribution >= 0.6 is 34.8 Å². The molecule has 1 amide bonds. The van der Waals surface area contributed by atoms with E-state index in [1.165, 1.54) is 6.07 Å². The van der Waals surface area contributed by atoms with Crippen LogP contribution in [0.5, 0.6) is 0 Å². The second kappa shape index (κ2) is 6.72. The number of anilines is 1. The molecular formula is C18H16Cl3NO. The Bertz CT molecular complexity index is 729. The van der Waals surface area contributed by atoms with Crippen LogP contribution in [0.3, 0.4) is 0 Å². The molecule has 2 nitrogen and oxygen atoms in total. The Labute approximate surface area is 151 Å². The Morgan fingerprint density at radius 2 is 1.65 bits per heavy atom. The van der Waals surface area contributed by atoms with Crippen molar-refractivity contribution in [3.63, 3.8) is 0 Å². The summed E-state index contributed by atoms with van der Waals surface area (Å²) < 4.78 is 0. The smallest absolute Gasteiger partial charge is 0.260 e. The minimum atomic E-state index is -0.154. The van der Waals surface area contributed by atoms with E-state index in [-0.39, 0.29) is 11.9 Å². The third-order valence-corrected chi connectivity index (χ3v) is 5.24. The molecule has 2 aromatic rings. The quantitative estimate of drug-likeness (QED) is 0.598. The van der Waals surface area contributed by atoms with Crippen molar-refractivity contribution >= 4 is 46.4 Å². The van der Waals surface area contributed by atoms with Gasteiger partial charge in [-0.2, -0.15) is 0 Å². The van der Waals surface area contributed by atoms with Gasteiger partial charge in [0.25, 0.3) is 5.91 Å².